The topological polar surface area (TPSA) is 81.8 Å². The molecule has 1 aliphatic rings. The van der Waals surface area contributed by atoms with E-state index < -0.39 is 11.6 Å². The van der Waals surface area contributed by atoms with Crippen LogP contribution in [-0.2, 0) is 27.3 Å². The van der Waals surface area contributed by atoms with Gasteiger partial charge in [0.2, 0.25) is 5.89 Å². The van der Waals surface area contributed by atoms with Crippen LogP contribution in [0.1, 0.15) is 63.5 Å². The third-order valence-corrected chi connectivity index (χ3v) is 6.08. The second kappa shape index (κ2) is 10.4. The second-order valence-corrected chi connectivity index (χ2v) is 9.15. The van der Waals surface area contributed by atoms with Gasteiger partial charge in [0.25, 0.3) is 0 Å². The number of rotatable bonds is 10. The van der Waals surface area contributed by atoms with Gasteiger partial charge in [-0.25, -0.2) is 9.78 Å². The molecule has 1 saturated carbocycles. The number of ether oxygens (including phenoxy) is 2. The molecule has 1 heterocycles. The van der Waals surface area contributed by atoms with Crippen molar-refractivity contribution >= 4 is 5.97 Å². The zero-order chi connectivity index (χ0) is 22.4. The van der Waals surface area contributed by atoms with E-state index in [1.54, 1.807) is 13.8 Å². The number of aromatic nitrogens is 1. The van der Waals surface area contributed by atoms with E-state index in [1.165, 1.54) is 5.56 Å². The summed E-state index contributed by atoms with van der Waals surface area (Å²) in [7, 11) is 0. The van der Waals surface area contributed by atoms with Gasteiger partial charge in [0.1, 0.15) is 11.5 Å². The summed E-state index contributed by atoms with van der Waals surface area (Å²) in [6.07, 6.45) is 5.11. The number of hydrogen-bond donors (Lipinski definition) is 1. The fourth-order valence-corrected chi connectivity index (χ4v) is 4.01. The predicted molar refractivity (Wildman–Crippen MR) is 119 cm³/mol. The van der Waals surface area contributed by atoms with Crippen LogP contribution < -0.4 is 0 Å². The lowest BCUT2D eigenvalue weighted by Gasteiger charge is -2.31. The summed E-state index contributed by atoms with van der Waals surface area (Å²) in [5.74, 6) is 1.44. The van der Waals surface area contributed by atoms with E-state index >= 15 is 0 Å². The third-order valence-electron chi connectivity index (χ3n) is 6.08. The minimum Gasteiger partial charge on any atom is -0.479 e. The Labute approximate surface area is 185 Å². The lowest BCUT2D eigenvalue weighted by molar-refractivity contribution is -0.163. The maximum absolute atomic E-state index is 11.2. The van der Waals surface area contributed by atoms with E-state index in [4.69, 9.17) is 13.9 Å². The molecule has 3 rings (SSSR count). The number of carbonyl (C=O) groups is 1. The molecule has 0 saturated heterocycles. The van der Waals surface area contributed by atoms with Crippen LogP contribution in [0.2, 0.25) is 0 Å². The quantitative estimate of drug-likeness (QED) is 0.543. The van der Waals surface area contributed by atoms with Gasteiger partial charge in [0, 0.05) is 18.6 Å². The smallest absolute Gasteiger partial charge is 0.335 e. The molecule has 170 valence electrons. The van der Waals surface area contributed by atoms with Crippen molar-refractivity contribution in [3.63, 3.8) is 0 Å². The van der Waals surface area contributed by atoms with Crippen molar-refractivity contribution in [1.82, 2.24) is 4.98 Å². The first-order chi connectivity index (χ1) is 14.8. The van der Waals surface area contributed by atoms with Crippen LogP contribution in [0.4, 0.5) is 0 Å². The summed E-state index contributed by atoms with van der Waals surface area (Å²) in [5, 5.41) is 9.22. The molecule has 1 aromatic heterocycles. The van der Waals surface area contributed by atoms with Gasteiger partial charge < -0.3 is 19.0 Å². The van der Waals surface area contributed by atoms with E-state index in [0.717, 1.165) is 49.1 Å². The zero-order valence-corrected chi connectivity index (χ0v) is 19.1. The van der Waals surface area contributed by atoms with Gasteiger partial charge in [0.15, 0.2) is 5.60 Å². The minimum atomic E-state index is -1.14. The molecule has 0 bridgehead atoms. The summed E-state index contributed by atoms with van der Waals surface area (Å²) >= 11 is 0. The Kier molecular flexibility index (Phi) is 7.89. The Morgan fingerprint density at radius 3 is 2.52 bits per heavy atom. The molecule has 1 fully saturated rings. The van der Waals surface area contributed by atoms with Crippen LogP contribution in [0.25, 0.3) is 11.5 Å². The molecule has 6 heteroatoms. The van der Waals surface area contributed by atoms with Gasteiger partial charge in [-0.2, -0.15) is 0 Å². The van der Waals surface area contributed by atoms with Crippen LogP contribution in [-0.4, -0.2) is 34.9 Å². The van der Waals surface area contributed by atoms with E-state index in [2.05, 4.69) is 31.0 Å². The van der Waals surface area contributed by atoms with Crippen molar-refractivity contribution < 1.29 is 23.8 Å². The normalized spacial score (nSPS) is 19.5. The van der Waals surface area contributed by atoms with E-state index in [0.29, 0.717) is 37.5 Å². The van der Waals surface area contributed by atoms with Crippen molar-refractivity contribution in [1.29, 1.82) is 0 Å². The largest absolute Gasteiger partial charge is 0.479 e. The fraction of sp³-hybridized carbons (Fsp3) is 0.600. The molecule has 0 spiro atoms. The van der Waals surface area contributed by atoms with Gasteiger partial charge in [0.05, 0.1) is 13.2 Å². The van der Waals surface area contributed by atoms with Crippen LogP contribution >= 0.6 is 0 Å². The van der Waals surface area contributed by atoms with Crippen molar-refractivity contribution in [2.45, 2.75) is 72.0 Å². The van der Waals surface area contributed by atoms with Crippen molar-refractivity contribution in [3.05, 3.63) is 41.3 Å². The first-order valence-corrected chi connectivity index (χ1v) is 11.3. The summed E-state index contributed by atoms with van der Waals surface area (Å²) < 4.78 is 17.7. The maximum Gasteiger partial charge on any atom is 0.335 e. The van der Waals surface area contributed by atoms with Crippen LogP contribution in [0, 0.1) is 18.8 Å². The van der Waals surface area contributed by atoms with Crippen LogP contribution in [0.3, 0.4) is 0 Å². The molecule has 0 radical (unpaired) electrons. The van der Waals surface area contributed by atoms with Crippen molar-refractivity contribution in [3.8, 4) is 11.5 Å². The van der Waals surface area contributed by atoms with Gasteiger partial charge in [-0.05, 0) is 64.0 Å². The average molecular weight is 430 g/mol. The number of carboxylic acid groups (broad SMARTS) is 1. The molecule has 1 N–H and O–H groups in total. The third kappa shape index (κ3) is 6.40. The van der Waals surface area contributed by atoms with Crippen LogP contribution in [0.15, 0.2) is 28.7 Å². The summed E-state index contributed by atoms with van der Waals surface area (Å²) in [6.45, 7) is 8.94. The lowest BCUT2D eigenvalue weighted by atomic mass is 9.82. The number of oxazole rings is 1. The average Bonchev–Trinajstić information content (AvgIpc) is 3.16. The Morgan fingerprint density at radius 2 is 1.87 bits per heavy atom. The molecular weight excluding hydrogens is 394 g/mol. The predicted octanol–water partition coefficient (Wildman–Crippen LogP) is 5.42. The van der Waals surface area contributed by atoms with Gasteiger partial charge in [-0.15, -0.1) is 0 Å². The summed E-state index contributed by atoms with van der Waals surface area (Å²) in [5.41, 5.74) is 1.92. The highest BCUT2D eigenvalue weighted by atomic mass is 16.5. The molecule has 0 aliphatic heterocycles. The monoisotopic (exact) mass is 429 g/mol. The Bertz CT molecular complexity index is 855. The second-order valence-electron chi connectivity index (χ2n) is 9.15. The standard InChI is InChI=1S/C25H35NO5/c1-5-22-21(26-23(31-22)20-11-9-17(2)10-12-20)16-29-14-18-7-6-8-19(13-18)15-30-25(3,4)24(27)28/h9-12,18-19H,5-8,13-16H2,1-4H3,(H,27,28)/t18-,19+/m1/s1. The number of nitrogens with zero attached hydrogens (tertiary/aromatic N) is 1. The Balaban J connectivity index is 1.50. The highest BCUT2D eigenvalue weighted by Gasteiger charge is 2.30. The van der Waals surface area contributed by atoms with Crippen molar-refractivity contribution in [2.75, 3.05) is 13.2 Å². The van der Waals surface area contributed by atoms with E-state index in [-0.39, 0.29) is 0 Å². The lowest BCUT2D eigenvalue weighted by Crippen LogP contribution is -2.37. The first-order valence-electron chi connectivity index (χ1n) is 11.3. The number of hydrogen-bond acceptors (Lipinski definition) is 5. The molecule has 0 amide bonds. The maximum atomic E-state index is 11.2. The van der Waals surface area contributed by atoms with Gasteiger partial charge >= 0.3 is 5.97 Å². The molecule has 1 aromatic carbocycles. The highest BCUT2D eigenvalue weighted by Crippen LogP contribution is 2.31. The van der Waals surface area contributed by atoms with E-state index in [9.17, 15) is 9.90 Å². The number of aryl methyl sites for hydroxylation is 2. The first kappa shape index (κ1) is 23.5. The summed E-state index contributed by atoms with van der Waals surface area (Å²) in [6, 6.07) is 8.17. The van der Waals surface area contributed by atoms with Crippen LogP contribution in [0.5, 0.6) is 0 Å². The molecule has 2 aromatic rings. The minimum absolute atomic E-state index is 0.382. The SMILES string of the molecule is CCc1oc(-c2ccc(C)cc2)nc1COC[C@@H]1CCC[C@H](COC(C)(C)C(=O)O)C1. The molecule has 2 atom stereocenters. The van der Waals surface area contributed by atoms with Crippen molar-refractivity contribution in [2.24, 2.45) is 11.8 Å². The fourth-order valence-electron chi connectivity index (χ4n) is 4.01. The Morgan fingerprint density at radius 1 is 1.19 bits per heavy atom. The highest BCUT2D eigenvalue weighted by molar-refractivity contribution is 5.76. The number of carboxylic acids is 1. The molecule has 6 nitrogen and oxygen atoms in total. The Hall–Kier alpha value is -2.18. The number of benzene rings is 1. The molecule has 1 aliphatic carbocycles. The van der Waals surface area contributed by atoms with E-state index in [1.807, 2.05) is 12.1 Å². The molecular formula is C25H35NO5. The number of aliphatic carboxylic acids is 1. The van der Waals surface area contributed by atoms with Gasteiger partial charge in [-0.1, -0.05) is 31.0 Å². The molecule has 0 unspecified atom stereocenters. The van der Waals surface area contributed by atoms with Gasteiger partial charge in [-0.3, -0.25) is 0 Å². The molecule has 31 heavy (non-hydrogen) atoms. The zero-order valence-electron chi connectivity index (χ0n) is 19.1. The summed E-state index contributed by atoms with van der Waals surface area (Å²) in [4.78, 5) is 15.9.